The van der Waals surface area contributed by atoms with Crippen molar-refractivity contribution in [1.82, 2.24) is 21.3 Å². The lowest BCUT2D eigenvalue weighted by atomic mass is 9.84. The van der Waals surface area contributed by atoms with E-state index in [2.05, 4.69) is 21.3 Å². The Bertz CT molecular complexity index is 1390. The molecule has 8 N–H and O–H groups in total. The number of rotatable bonds is 31. The molecule has 6 atom stereocenters. The number of esters is 3. The highest BCUT2D eigenvalue weighted by Crippen LogP contribution is 2.28. The molecule has 59 heavy (non-hydrogen) atoms. The van der Waals surface area contributed by atoms with Crippen molar-refractivity contribution in [2.24, 2.45) is 11.5 Å². The van der Waals surface area contributed by atoms with Crippen LogP contribution < -0.4 is 32.7 Å². The Morgan fingerprint density at radius 3 is 1.81 bits per heavy atom. The molecule has 1 rings (SSSR count). The molecule has 1 fully saturated rings. The van der Waals surface area contributed by atoms with Crippen molar-refractivity contribution in [2.45, 2.75) is 122 Å². The van der Waals surface area contributed by atoms with E-state index in [1.54, 1.807) is 0 Å². The Morgan fingerprint density at radius 2 is 1.27 bits per heavy atom. The van der Waals surface area contributed by atoms with Gasteiger partial charge in [0.15, 0.2) is 18.5 Å². The van der Waals surface area contributed by atoms with Gasteiger partial charge in [0.1, 0.15) is 38.3 Å². The van der Waals surface area contributed by atoms with Gasteiger partial charge in [-0.1, -0.05) is 0 Å². The molecule has 5 amide bonds. The fourth-order valence-electron chi connectivity index (χ4n) is 5.80. The number of carbonyl (C=O) groups is 9. The smallest absolute Gasteiger partial charge is 0.303 e. The third kappa shape index (κ3) is 24.7. The molecule has 0 aromatic rings. The van der Waals surface area contributed by atoms with Crippen LogP contribution in [0.15, 0.2) is 0 Å². The first-order valence-electron chi connectivity index (χ1n) is 19.4. The number of nitrogens with two attached hydrogens (primary N) is 2. The Labute approximate surface area is 343 Å². The van der Waals surface area contributed by atoms with Crippen LogP contribution in [0.1, 0.15) is 85.5 Å². The number of amides is 5. The highest BCUT2D eigenvalue weighted by Gasteiger charge is 2.51. The summed E-state index contributed by atoms with van der Waals surface area (Å²) in [5, 5.41) is 10.7. The molecule has 1 saturated heterocycles. The molecule has 1 aliphatic rings. The summed E-state index contributed by atoms with van der Waals surface area (Å²) >= 11 is 0. The maximum absolute atomic E-state index is 12.4. The Morgan fingerprint density at radius 1 is 0.695 bits per heavy atom. The molecule has 0 aromatic heterocycles. The fourth-order valence-corrected chi connectivity index (χ4v) is 5.80. The molecule has 0 spiro atoms. The van der Waals surface area contributed by atoms with Crippen LogP contribution in [0.3, 0.4) is 0 Å². The first-order valence-corrected chi connectivity index (χ1v) is 19.4. The second-order valence-corrected chi connectivity index (χ2v) is 13.8. The summed E-state index contributed by atoms with van der Waals surface area (Å²) in [5.41, 5.74) is 10.5. The maximum atomic E-state index is 12.4. The van der Waals surface area contributed by atoms with E-state index in [9.17, 15) is 43.2 Å². The van der Waals surface area contributed by atoms with E-state index in [0.717, 1.165) is 20.1 Å². The van der Waals surface area contributed by atoms with Crippen molar-refractivity contribution < 1.29 is 76.3 Å². The molecule has 22 nitrogen and oxygen atoms in total. The second-order valence-electron chi connectivity index (χ2n) is 13.8. The molecule has 0 bridgehead atoms. The molecule has 1 unspecified atom stereocenters. The van der Waals surface area contributed by atoms with Crippen molar-refractivity contribution in [2.75, 3.05) is 59.3 Å². The Kier molecular flexibility index (Phi) is 26.1. The van der Waals surface area contributed by atoms with Crippen LogP contribution in [0.2, 0.25) is 0 Å². The number of hydrogen-bond acceptors (Lipinski definition) is 17. The zero-order valence-electron chi connectivity index (χ0n) is 34.4. The monoisotopic (exact) mass is 846 g/mol. The first-order chi connectivity index (χ1) is 28.0. The lowest BCUT2D eigenvalue weighted by molar-refractivity contribution is -0.277. The van der Waals surface area contributed by atoms with Gasteiger partial charge in [0.25, 0.3) is 0 Å². The van der Waals surface area contributed by atoms with E-state index < -0.39 is 65.9 Å². The van der Waals surface area contributed by atoms with Gasteiger partial charge in [-0.25, -0.2) is 0 Å². The number of primary amides is 1. The number of unbranched alkanes of at least 4 members (excludes halogenated alkanes) is 2. The summed E-state index contributed by atoms with van der Waals surface area (Å²) in [6.45, 7) is 4.87. The van der Waals surface area contributed by atoms with E-state index in [-0.39, 0.29) is 103 Å². The van der Waals surface area contributed by atoms with Gasteiger partial charge in [-0.3, -0.25) is 38.4 Å². The summed E-state index contributed by atoms with van der Waals surface area (Å²) in [4.78, 5) is 106. The Balaban J connectivity index is 2.41. The predicted molar refractivity (Wildman–Crippen MR) is 204 cm³/mol. The van der Waals surface area contributed by atoms with Gasteiger partial charge < -0.3 is 70.7 Å². The number of aldehydes is 1. The van der Waals surface area contributed by atoms with Gasteiger partial charge >= 0.3 is 17.9 Å². The molecular formula is C37H62N6O16. The van der Waals surface area contributed by atoms with Crippen molar-refractivity contribution in [3.8, 4) is 0 Å². The number of carbonyl (C=O) groups excluding carboxylic acids is 9. The van der Waals surface area contributed by atoms with Crippen LogP contribution in [-0.2, 0) is 76.3 Å². The largest absolute Gasteiger partial charge is 0.463 e. The first kappa shape index (κ1) is 52.2. The maximum Gasteiger partial charge on any atom is 0.303 e. The van der Waals surface area contributed by atoms with Crippen molar-refractivity contribution in [3.05, 3.63) is 0 Å². The second kappa shape index (κ2) is 29.4. The minimum atomic E-state index is -1.22. The summed E-state index contributed by atoms with van der Waals surface area (Å²) in [6.07, 6.45) is -1.21. The topological polar surface area (TPSA) is 318 Å². The van der Waals surface area contributed by atoms with Gasteiger partial charge in [0.05, 0.1) is 13.2 Å². The summed E-state index contributed by atoms with van der Waals surface area (Å²) in [7, 11) is 0. The fraction of sp³-hybridized carbons (Fsp3) is 0.757. The van der Waals surface area contributed by atoms with E-state index in [4.69, 9.17) is 44.6 Å². The lowest BCUT2D eigenvalue weighted by Crippen LogP contribution is -2.66. The van der Waals surface area contributed by atoms with Crippen LogP contribution in [-0.4, -0.2) is 149 Å². The van der Waals surface area contributed by atoms with Gasteiger partial charge in [0, 0.05) is 78.7 Å². The minimum absolute atomic E-state index is 0.0506. The molecule has 1 heterocycles. The number of ether oxygens (including phenoxy) is 7. The quantitative estimate of drug-likeness (QED) is 0.0189. The molecule has 0 radical (unpaired) electrons. The van der Waals surface area contributed by atoms with Crippen molar-refractivity contribution >= 4 is 53.7 Å². The van der Waals surface area contributed by atoms with Crippen molar-refractivity contribution in [3.63, 3.8) is 0 Å². The molecule has 336 valence electrons. The number of hydrogen-bond donors (Lipinski definition) is 6. The van der Waals surface area contributed by atoms with E-state index in [1.807, 2.05) is 0 Å². The summed E-state index contributed by atoms with van der Waals surface area (Å²) in [6, 6.07) is -1.07. The average molecular weight is 847 g/mol. The van der Waals surface area contributed by atoms with Crippen LogP contribution in [0, 0.1) is 0 Å². The molecule has 0 aromatic carbocycles. The van der Waals surface area contributed by atoms with Crippen molar-refractivity contribution in [1.29, 1.82) is 0 Å². The zero-order chi connectivity index (χ0) is 44.2. The average Bonchev–Trinajstić information content (AvgIpc) is 3.15. The van der Waals surface area contributed by atoms with Crippen LogP contribution in [0.25, 0.3) is 0 Å². The van der Waals surface area contributed by atoms with E-state index in [0.29, 0.717) is 32.2 Å². The molecule has 22 heteroatoms. The summed E-state index contributed by atoms with van der Waals surface area (Å²) < 4.78 is 38.1. The molecule has 1 aliphatic heterocycles. The van der Waals surface area contributed by atoms with E-state index >= 15 is 0 Å². The van der Waals surface area contributed by atoms with Gasteiger partial charge in [-0.2, -0.15) is 0 Å². The molecule has 0 saturated carbocycles. The highest BCUT2D eigenvalue weighted by atomic mass is 16.7. The van der Waals surface area contributed by atoms with Gasteiger partial charge in [-0.15, -0.1) is 0 Å². The zero-order valence-corrected chi connectivity index (χ0v) is 34.4. The van der Waals surface area contributed by atoms with Crippen LogP contribution >= 0.6 is 0 Å². The van der Waals surface area contributed by atoms with Gasteiger partial charge in [0.2, 0.25) is 29.5 Å². The standard InChI is InChI=1S/C37H62N6O16/c1-24(45)43-33-35(58-27(4)48)34(57-26(3)47)28(21-56-25(2)46)59-36(33)55-18-7-5-6-14-40-32(52)23-54-20-16-42-31(51)10-13-37(39,11-8-17-44)12-9-30(50)41-15-19-53-22-29(38)49/h17,28,33-36H,5-16,18-23,39H2,1-4H3,(H2,38,49)(H,40,52)(H,41,50)(H,42,51)(H,43,45)/t28-,33-,34+,35-,36-,37?/m1/s1. The normalized spacial score (nSPS) is 19.6. The van der Waals surface area contributed by atoms with Crippen LogP contribution in [0.4, 0.5) is 0 Å². The summed E-state index contributed by atoms with van der Waals surface area (Å²) in [5.74, 6) is -4.13. The SMILES string of the molecule is CC(=O)N[C@H]1[C@H](OCCCCCNC(=O)COCCNC(=O)CCC(N)(CCC=O)CCC(=O)NCCOCC(N)=O)O[C@H](COC(C)=O)[C@H](OC(C)=O)[C@@H]1OC(C)=O. The Hall–Kier alpha value is -4.77. The predicted octanol–water partition coefficient (Wildman–Crippen LogP) is -2.07. The van der Waals surface area contributed by atoms with E-state index in [1.165, 1.54) is 13.8 Å². The van der Waals surface area contributed by atoms with Crippen LogP contribution in [0.5, 0.6) is 0 Å². The third-order valence-corrected chi connectivity index (χ3v) is 8.57. The molecule has 0 aliphatic carbocycles. The molecular weight excluding hydrogens is 784 g/mol. The third-order valence-electron chi connectivity index (χ3n) is 8.57. The number of nitrogens with one attached hydrogen (secondary N) is 4. The van der Waals surface area contributed by atoms with Gasteiger partial charge in [-0.05, 0) is 38.5 Å². The minimum Gasteiger partial charge on any atom is -0.463 e. The highest BCUT2D eigenvalue weighted by molar-refractivity contribution is 5.78. The lowest BCUT2D eigenvalue weighted by Gasteiger charge is -2.44.